The molecule has 108 valence electrons. The Labute approximate surface area is 118 Å². The molecule has 1 heterocycles. The van der Waals surface area contributed by atoms with Gasteiger partial charge in [0.2, 0.25) is 0 Å². The van der Waals surface area contributed by atoms with Crippen molar-refractivity contribution >= 4 is 11.8 Å². The van der Waals surface area contributed by atoms with Crippen molar-refractivity contribution in [3.63, 3.8) is 0 Å². The van der Waals surface area contributed by atoms with E-state index in [9.17, 15) is 10.1 Å². The summed E-state index contributed by atoms with van der Waals surface area (Å²) in [7, 11) is 1.62. The lowest BCUT2D eigenvalue weighted by Gasteiger charge is -2.32. The Morgan fingerprint density at radius 2 is 1.95 bits per heavy atom. The molecule has 0 aliphatic carbocycles. The highest BCUT2D eigenvalue weighted by molar-refractivity contribution is 5.73. The summed E-state index contributed by atoms with van der Waals surface area (Å²) in [5.74, 6) is 0.715. The number of hydrogen-bond donors (Lipinski definition) is 0. The summed E-state index contributed by atoms with van der Waals surface area (Å²) in [6, 6.07) is 0. The zero-order valence-electron chi connectivity index (χ0n) is 12.4. The fraction of sp³-hybridized carbons (Fsp3) is 0.467. The predicted octanol–water partition coefficient (Wildman–Crippen LogP) is 3.33. The lowest BCUT2D eigenvalue weighted by Crippen LogP contribution is -2.37. The van der Waals surface area contributed by atoms with Gasteiger partial charge in [-0.1, -0.05) is 6.08 Å². The molecule has 5 nitrogen and oxygen atoms in total. The minimum atomic E-state index is -0.540. The molecule has 1 aliphatic heterocycles. The summed E-state index contributed by atoms with van der Waals surface area (Å²) in [6.07, 6.45) is 3.79. The number of nitrogens with zero attached hydrogens (tertiary/aromatic N) is 1. The van der Waals surface area contributed by atoms with Crippen LogP contribution in [0.25, 0.3) is 6.08 Å². The smallest absolute Gasteiger partial charge is 0.276 e. The van der Waals surface area contributed by atoms with Gasteiger partial charge in [-0.25, -0.2) is 0 Å². The highest BCUT2D eigenvalue weighted by Gasteiger charge is 2.32. The van der Waals surface area contributed by atoms with Gasteiger partial charge in [0.1, 0.15) is 11.4 Å². The van der Waals surface area contributed by atoms with Gasteiger partial charge in [0.15, 0.2) is 0 Å². The van der Waals surface area contributed by atoms with E-state index >= 15 is 0 Å². The fourth-order valence-electron chi connectivity index (χ4n) is 2.63. The summed E-state index contributed by atoms with van der Waals surface area (Å²) in [5, 5.41) is 11.2. The second-order valence-corrected chi connectivity index (χ2v) is 5.40. The number of hydrogen-bond acceptors (Lipinski definition) is 4. The Bertz CT molecular complexity index is 607. The van der Waals surface area contributed by atoms with Crippen molar-refractivity contribution in [3.05, 3.63) is 38.4 Å². The number of fused-ring (bicyclic) bond motifs is 1. The van der Waals surface area contributed by atoms with Gasteiger partial charge in [-0.15, -0.1) is 0 Å². The Balaban J connectivity index is 2.64. The highest BCUT2D eigenvalue weighted by atomic mass is 16.6. The topological polar surface area (TPSA) is 61.6 Å². The maximum Gasteiger partial charge on any atom is 0.276 e. The summed E-state index contributed by atoms with van der Waals surface area (Å²) in [4.78, 5) is 10.9. The third-order valence-corrected chi connectivity index (χ3v) is 3.81. The van der Waals surface area contributed by atoms with E-state index < -0.39 is 5.60 Å². The number of methoxy groups -OCH3 is 1. The van der Waals surface area contributed by atoms with Crippen molar-refractivity contribution in [2.75, 3.05) is 13.7 Å². The van der Waals surface area contributed by atoms with Crippen LogP contribution in [0.3, 0.4) is 0 Å². The standard InChI is InChI=1S/C15H19NO4/c1-9-10(2)14-12(11(3)13(9)16(17)18)6-7-15(4,20-14)8-19-5/h6-7H,8H2,1-5H3. The molecule has 0 radical (unpaired) electrons. The maximum absolute atomic E-state index is 11.2. The van der Waals surface area contributed by atoms with Crippen LogP contribution < -0.4 is 4.74 Å². The molecule has 0 amide bonds. The van der Waals surface area contributed by atoms with E-state index in [2.05, 4.69) is 0 Å². The molecule has 1 aromatic rings. The van der Waals surface area contributed by atoms with E-state index in [-0.39, 0.29) is 10.6 Å². The van der Waals surface area contributed by atoms with Crippen molar-refractivity contribution in [3.8, 4) is 5.75 Å². The van der Waals surface area contributed by atoms with Crippen molar-refractivity contribution in [2.24, 2.45) is 0 Å². The van der Waals surface area contributed by atoms with Crippen molar-refractivity contribution in [2.45, 2.75) is 33.3 Å². The molecule has 1 aromatic carbocycles. The van der Waals surface area contributed by atoms with E-state index in [1.807, 2.05) is 26.0 Å². The molecule has 0 saturated carbocycles. The van der Waals surface area contributed by atoms with Crippen LogP contribution in [0.2, 0.25) is 0 Å². The van der Waals surface area contributed by atoms with Gasteiger partial charge >= 0.3 is 0 Å². The second-order valence-electron chi connectivity index (χ2n) is 5.40. The first-order chi connectivity index (χ1) is 9.30. The quantitative estimate of drug-likeness (QED) is 0.628. The molecule has 0 bridgehead atoms. The van der Waals surface area contributed by atoms with E-state index in [0.717, 1.165) is 11.1 Å². The number of nitro groups is 1. The first-order valence-electron chi connectivity index (χ1n) is 6.46. The number of rotatable bonds is 3. The highest BCUT2D eigenvalue weighted by Crippen LogP contribution is 2.42. The lowest BCUT2D eigenvalue weighted by molar-refractivity contribution is -0.386. The third kappa shape index (κ3) is 2.18. The first kappa shape index (κ1) is 14.5. The van der Waals surface area contributed by atoms with E-state index in [1.165, 1.54) is 0 Å². The second kappa shape index (κ2) is 4.90. The Morgan fingerprint density at radius 3 is 2.50 bits per heavy atom. The molecule has 1 aliphatic rings. The average Bonchev–Trinajstić information content (AvgIpc) is 2.35. The largest absolute Gasteiger partial charge is 0.480 e. The maximum atomic E-state index is 11.2. The Kier molecular flexibility index (Phi) is 3.56. The molecule has 20 heavy (non-hydrogen) atoms. The van der Waals surface area contributed by atoms with Gasteiger partial charge in [0, 0.05) is 29.4 Å². The van der Waals surface area contributed by atoms with Crippen molar-refractivity contribution in [1.82, 2.24) is 0 Å². The molecular formula is C15H19NO4. The van der Waals surface area contributed by atoms with Gasteiger partial charge in [-0.3, -0.25) is 10.1 Å². The van der Waals surface area contributed by atoms with Crippen LogP contribution in [0.1, 0.15) is 29.2 Å². The van der Waals surface area contributed by atoms with Gasteiger partial charge in [0.25, 0.3) is 5.69 Å². The zero-order chi connectivity index (χ0) is 15.1. The van der Waals surface area contributed by atoms with Gasteiger partial charge in [0.05, 0.1) is 11.5 Å². The molecule has 0 aromatic heterocycles. The summed E-state index contributed by atoms with van der Waals surface area (Å²) >= 11 is 0. The Morgan fingerprint density at radius 1 is 1.30 bits per heavy atom. The van der Waals surface area contributed by atoms with Crippen molar-refractivity contribution < 1.29 is 14.4 Å². The van der Waals surface area contributed by atoms with Crippen LogP contribution in [0, 0.1) is 30.9 Å². The molecule has 0 saturated heterocycles. The first-order valence-corrected chi connectivity index (χ1v) is 6.46. The zero-order valence-corrected chi connectivity index (χ0v) is 12.4. The van der Waals surface area contributed by atoms with Crippen LogP contribution in [0.15, 0.2) is 6.08 Å². The molecular weight excluding hydrogens is 258 g/mol. The van der Waals surface area contributed by atoms with Crippen molar-refractivity contribution in [1.29, 1.82) is 0 Å². The summed E-state index contributed by atoms with van der Waals surface area (Å²) in [6.45, 7) is 7.73. The summed E-state index contributed by atoms with van der Waals surface area (Å²) < 4.78 is 11.2. The Hall–Kier alpha value is -1.88. The van der Waals surface area contributed by atoms with Gasteiger partial charge < -0.3 is 9.47 Å². The van der Waals surface area contributed by atoms with Crippen LogP contribution in [-0.4, -0.2) is 24.2 Å². The van der Waals surface area contributed by atoms with Crippen LogP contribution in [0.4, 0.5) is 5.69 Å². The lowest BCUT2D eigenvalue weighted by atomic mass is 9.92. The fourth-order valence-corrected chi connectivity index (χ4v) is 2.63. The third-order valence-electron chi connectivity index (χ3n) is 3.81. The minimum absolute atomic E-state index is 0.171. The molecule has 0 spiro atoms. The van der Waals surface area contributed by atoms with E-state index in [4.69, 9.17) is 9.47 Å². The number of ether oxygens (including phenoxy) is 2. The minimum Gasteiger partial charge on any atom is -0.480 e. The summed E-state index contributed by atoms with van der Waals surface area (Å²) in [5.41, 5.74) is 2.52. The molecule has 0 fully saturated rings. The molecule has 5 heteroatoms. The van der Waals surface area contributed by atoms with Crippen LogP contribution in [-0.2, 0) is 4.74 Å². The number of nitro benzene ring substituents is 1. The average molecular weight is 277 g/mol. The SMILES string of the molecule is COCC1(C)C=Cc2c(C)c([N+](=O)[O-])c(C)c(C)c2O1. The van der Waals surface area contributed by atoms with Gasteiger partial charge in [-0.05, 0) is 33.8 Å². The van der Waals surface area contributed by atoms with E-state index in [0.29, 0.717) is 23.5 Å². The molecule has 1 atom stereocenters. The molecule has 2 rings (SSSR count). The predicted molar refractivity (Wildman–Crippen MR) is 77.3 cm³/mol. The monoisotopic (exact) mass is 277 g/mol. The normalized spacial score (nSPS) is 20.4. The number of benzene rings is 1. The van der Waals surface area contributed by atoms with Crippen LogP contribution in [0.5, 0.6) is 5.75 Å². The van der Waals surface area contributed by atoms with Gasteiger partial charge in [-0.2, -0.15) is 0 Å². The van der Waals surface area contributed by atoms with E-state index in [1.54, 1.807) is 21.0 Å². The molecule has 1 unspecified atom stereocenters. The molecule has 0 N–H and O–H groups in total. The van der Waals surface area contributed by atoms with Crippen LogP contribution >= 0.6 is 0 Å².